The molecule has 0 amide bonds. The fourth-order valence-corrected chi connectivity index (χ4v) is 3.49. The third-order valence-corrected chi connectivity index (χ3v) is 4.71. The van der Waals surface area contributed by atoms with Crippen molar-refractivity contribution in [2.75, 3.05) is 32.7 Å². The molecule has 0 spiro atoms. The number of benzene rings is 1. The van der Waals surface area contributed by atoms with Gasteiger partial charge in [-0.25, -0.2) is 4.39 Å². The second kappa shape index (κ2) is 6.67. The number of carbonyl (C=O) groups is 1. The highest BCUT2D eigenvalue weighted by atomic mass is 19.1. The van der Waals surface area contributed by atoms with Gasteiger partial charge in [0.05, 0.1) is 0 Å². The van der Waals surface area contributed by atoms with E-state index in [2.05, 4.69) is 9.80 Å². The average Bonchev–Trinajstić information content (AvgIpc) is 3.15. The first-order valence-electron chi connectivity index (χ1n) is 7.97. The average molecular weight is 290 g/mol. The number of hydrogen-bond acceptors (Lipinski definition) is 3. The predicted octanol–water partition coefficient (Wildman–Crippen LogP) is 2.57. The topological polar surface area (TPSA) is 23.6 Å². The molecule has 0 radical (unpaired) electrons. The second-order valence-corrected chi connectivity index (χ2v) is 6.17. The first-order chi connectivity index (χ1) is 10.2. The summed E-state index contributed by atoms with van der Waals surface area (Å²) in [6.07, 6.45) is 4.35. The maximum Gasteiger partial charge on any atom is 0.164 e. The SMILES string of the molecule is O=C(CCN1CCC(N2CCCC2)C1)c1cccc(F)c1. The number of Topliss-reactive ketones (excluding diaryl/α,β-unsaturated/α-hetero) is 1. The number of halogens is 1. The van der Waals surface area contributed by atoms with Crippen LogP contribution in [0.3, 0.4) is 0 Å². The van der Waals surface area contributed by atoms with Crippen molar-refractivity contribution in [3.8, 4) is 0 Å². The number of carbonyl (C=O) groups excluding carboxylic acids is 1. The lowest BCUT2D eigenvalue weighted by Gasteiger charge is -2.23. The Hall–Kier alpha value is -1.26. The minimum Gasteiger partial charge on any atom is -0.301 e. The van der Waals surface area contributed by atoms with Gasteiger partial charge in [0.2, 0.25) is 0 Å². The highest BCUT2D eigenvalue weighted by Gasteiger charge is 2.29. The molecule has 0 aromatic heterocycles. The molecule has 3 rings (SSSR count). The predicted molar refractivity (Wildman–Crippen MR) is 81.0 cm³/mol. The molecule has 0 saturated carbocycles. The van der Waals surface area contributed by atoms with E-state index in [-0.39, 0.29) is 11.6 Å². The van der Waals surface area contributed by atoms with Crippen LogP contribution in [-0.4, -0.2) is 54.3 Å². The third-order valence-electron chi connectivity index (χ3n) is 4.71. The summed E-state index contributed by atoms with van der Waals surface area (Å²) in [6.45, 7) is 5.43. The standard InChI is InChI=1S/C17H23FN2O/c18-15-5-3-4-14(12-15)17(21)7-11-19-10-6-16(13-19)20-8-1-2-9-20/h3-5,12,16H,1-2,6-11,13H2. The molecule has 1 atom stereocenters. The smallest absolute Gasteiger partial charge is 0.164 e. The lowest BCUT2D eigenvalue weighted by atomic mass is 10.1. The minimum absolute atomic E-state index is 0.0409. The molecule has 1 unspecified atom stereocenters. The fraction of sp³-hybridized carbons (Fsp3) is 0.588. The van der Waals surface area contributed by atoms with Gasteiger partial charge >= 0.3 is 0 Å². The Morgan fingerprint density at radius 1 is 1.24 bits per heavy atom. The van der Waals surface area contributed by atoms with Gasteiger partial charge in [-0.1, -0.05) is 12.1 Å². The van der Waals surface area contributed by atoms with E-state index in [1.165, 1.54) is 44.5 Å². The monoisotopic (exact) mass is 290 g/mol. The third kappa shape index (κ3) is 3.69. The normalized spacial score (nSPS) is 23.8. The molecule has 1 aromatic rings. The van der Waals surface area contributed by atoms with E-state index in [4.69, 9.17) is 0 Å². The summed E-state index contributed by atoms with van der Waals surface area (Å²) in [6, 6.07) is 6.68. The lowest BCUT2D eigenvalue weighted by molar-refractivity contribution is 0.0966. The Labute approximate surface area is 125 Å². The zero-order valence-corrected chi connectivity index (χ0v) is 12.4. The summed E-state index contributed by atoms with van der Waals surface area (Å²) in [7, 11) is 0. The molecule has 21 heavy (non-hydrogen) atoms. The van der Waals surface area contributed by atoms with Gasteiger partial charge in [-0.15, -0.1) is 0 Å². The van der Waals surface area contributed by atoms with Crippen LogP contribution in [0.15, 0.2) is 24.3 Å². The Morgan fingerprint density at radius 2 is 2.05 bits per heavy atom. The van der Waals surface area contributed by atoms with Crippen molar-refractivity contribution in [1.82, 2.24) is 9.80 Å². The van der Waals surface area contributed by atoms with Crippen LogP contribution in [0.25, 0.3) is 0 Å². The van der Waals surface area contributed by atoms with Crippen LogP contribution in [0.5, 0.6) is 0 Å². The van der Waals surface area contributed by atoms with Crippen LogP contribution in [0.2, 0.25) is 0 Å². The van der Waals surface area contributed by atoms with E-state index < -0.39 is 0 Å². The second-order valence-electron chi connectivity index (χ2n) is 6.17. The Kier molecular flexibility index (Phi) is 4.66. The number of hydrogen-bond donors (Lipinski definition) is 0. The largest absolute Gasteiger partial charge is 0.301 e. The molecule has 0 N–H and O–H groups in total. The highest BCUT2D eigenvalue weighted by Crippen LogP contribution is 2.20. The number of rotatable bonds is 5. The first-order valence-corrected chi connectivity index (χ1v) is 7.97. The van der Waals surface area contributed by atoms with Crippen molar-refractivity contribution < 1.29 is 9.18 Å². The summed E-state index contributed by atoms with van der Waals surface area (Å²) >= 11 is 0. The molecule has 3 nitrogen and oxygen atoms in total. The first kappa shape index (κ1) is 14.7. The maximum absolute atomic E-state index is 13.1. The fourth-order valence-electron chi connectivity index (χ4n) is 3.49. The quantitative estimate of drug-likeness (QED) is 0.779. The lowest BCUT2D eigenvalue weighted by Crippen LogP contribution is -2.35. The minimum atomic E-state index is -0.337. The van der Waals surface area contributed by atoms with Crippen LogP contribution in [0.4, 0.5) is 4.39 Å². The molecule has 2 aliphatic heterocycles. The van der Waals surface area contributed by atoms with E-state index in [0.717, 1.165) is 19.6 Å². The van der Waals surface area contributed by atoms with Gasteiger partial charge in [0.25, 0.3) is 0 Å². The summed E-state index contributed by atoms with van der Waals surface area (Å²) in [5.74, 6) is -0.296. The van der Waals surface area contributed by atoms with Gasteiger partial charge in [-0.2, -0.15) is 0 Å². The van der Waals surface area contributed by atoms with Gasteiger partial charge in [0, 0.05) is 31.1 Å². The molecule has 2 heterocycles. The molecule has 2 aliphatic rings. The summed E-state index contributed by atoms with van der Waals surface area (Å²) in [4.78, 5) is 17.1. The Bertz CT molecular complexity index is 499. The van der Waals surface area contributed by atoms with E-state index in [9.17, 15) is 9.18 Å². The van der Waals surface area contributed by atoms with Gasteiger partial charge in [0.15, 0.2) is 5.78 Å². The van der Waals surface area contributed by atoms with Crippen molar-refractivity contribution in [1.29, 1.82) is 0 Å². The van der Waals surface area contributed by atoms with E-state index in [1.807, 2.05) is 0 Å². The molecule has 114 valence electrons. The van der Waals surface area contributed by atoms with Crippen molar-refractivity contribution in [2.45, 2.75) is 31.7 Å². The van der Waals surface area contributed by atoms with E-state index in [0.29, 0.717) is 18.0 Å². The van der Waals surface area contributed by atoms with E-state index >= 15 is 0 Å². The number of ketones is 1. The van der Waals surface area contributed by atoms with Crippen molar-refractivity contribution >= 4 is 5.78 Å². The molecular weight excluding hydrogens is 267 g/mol. The van der Waals surface area contributed by atoms with Crippen LogP contribution < -0.4 is 0 Å². The molecule has 2 saturated heterocycles. The van der Waals surface area contributed by atoms with Gasteiger partial charge in [-0.05, 0) is 51.0 Å². The highest BCUT2D eigenvalue weighted by molar-refractivity contribution is 5.96. The molecular formula is C17H23FN2O. The molecule has 2 fully saturated rings. The van der Waals surface area contributed by atoms with Crippen molar-refractivity contribution in [3.05, 3.63) is 35.6 Å². The van der Waals surface area contributed by atoms with Crippen LogP contribution >= 0.6 is 0 Å². The van der Waals surface area contributed by atoms with Gasteiger partial charge in [-0.3, -0.25) is 9.69 Å². The van der Waals surface area contributed by atoms with Gasteiger partial charge in [0.1, 0.15) is 5.82 Å². The maximum atomic E-state index is 13.1. The van der Waals surface area contributed by atoms with Crippen molar-refractivity contribution in [3.63, 3.8) is 0 Å². The molecule has 0 bridgehead atoms. The zero-order valence-electron chi connectivity index (χ0n) is 12.4. The van der Waals surface area contributed by atoms with Crippen LogP contribution in [-0.2, 0) is 0 Å². The van der Waals surface area contributed by atoms with Crippen molar-refractivity contribution in [2.24, 2.45) is 0 Å². The Balaban J connectivity index is 1.46. The van der Waals surface area contributed by atoms with Gasteiger partial charge < -0.3 is 4.90 Å². The van der Waals surface area contributed by atoms with Crippen LogP contribution in [0.1, 0.15) is 36.0 Å². The Morgan fingerprint density at radius 3 is 2.81 bits per heavy atom. The number of nitrogens with zero attached hydrogens (tertiary/aromatic N) is 2. The molecule has 0 aliphatic carbocycles. The zero-order chi connectivity index (χ0) is 14.7. The summed E-state index contributed by atoms with van der Waals surface area (Å²) in [5, 5.41) is 0. The molecule has 4 heteroatoms. The summed E-state index contributed by atoms with van der Waals surface area (Å²) in [5.41, 5.74) is 0.491. The summed E-state index contributed by atoms with van der Waals surface area (Å²) < 4.78 is 13.1. The molecule has 1 aromatic carbocycles. The van der Waals surface area contributed by atoms with Crippen LogP contribution in [0, 0.1) is 5.82 Å². The number of likely N-dealkylation sites (tertiary alicyclic amines) is 2. The van der Waals surface area contributed by atoms with E-state index in [1.54, 1.807) is 12.1 Å².